The van der Waals surface area contributed by atoms with Crippen LogP contribution in [0, 0.1) is 22.6 Å². The normalized spacial score (nSPS) is 16.5. The molecule has 0 radical (unpaired) electrons. The van der Waals surface area contributed by atoms with Crippen molar-refractivity contribution in [1.29, 1.82) is 5.26 Å². The Morgan fingerprint density at radius 1 is 1.16 bits per heavy atom. The van der Waals surface area contributed by atoms with Gasteiger partial charge < -0.3 is 14.6 Å². The van der Waals surface area contributed by atoms with E-state index >= 15 is 0 Å². The van der Waals surface area contributed by atoms with Crippen molar-refractivity contribution in [1.82, 2.24) is 14.1 Å². The maximum absolute atomic E-state index is 14.0. The number of benzene rings is 1. The molecular weight excluding hydrogens is 534 g/mol. The molecule has 2 aromatic heterocycles. The van der Waals surface area contributed by atoms with Crippen molar-refractivity contribution in [2.45, 2.75) is 19.1 Å². The van der Waals surface area contributed by atoms with Gasteiger partial charge in [0, 0.05) is 31.2 Å². The second kappa shape index (κ2) is 9.14. The van der Waals surface area contributed by atoms with Gasteiger partial charge in [0.1, 0.15) is 23.9 Å². The van der Waals surface area contributed by atoms with Crippen molar-refractivity contribution in [2.24, 2.45) is 5.41 Å². The Balaban J connectivity index is 1.82. The van der Waals surface area contributed by atoms with Crippen LogP contribution in [-0.2, 0) is 17.5 Å². The summed E-state index contributed by atoms with van der Waals surface area (Å²) in [5.74, 6) is -0.739. The lowest BCUT2D eigenvalue weighted by Crippen LogP contribution is -2.59. The van der Waals surface area contributed by atoms with Gasteiger partial charge in [0.15, 0.2) is 0 Å². The second-order valence-electron chi connectivity index (χ2n) is 9.27. The van der Waals surface area contributed by atoms with Crippen LogP contribution < -0.4 is 21.7 Å². The highest BCUT2D eigenvalue weighted by molar-refractivity contribution is 6.31. The van der Waals surface area contributed by atoms with Crippen molar-refractivity contribution >= 4 is 17.4 Å². The number of hydrogen-bond donors (Lipinski definition) is 1. The average Bonchev–Trinajstić information content (AvgIpc) is 3.31. The molecule has 14 heteroatoms. The van der Waals surface area contributed by atoms with Gasteiger partial charge in [0.2, 0.25) is 5.56 Å². The Morgan fingerprint density at radius 3 is 2.50 bits per heavy atom. The zero-order valence-corrected chi connectivity index (χ0v) is 20.2. The SMILES string of the molecule is N#CCn1c(N2CC3(CCOC3)C2)c(-c2ccc(F)c(Cl)c2)c(=O)n(-c2cc(C(F)(F)F)[nH]c(=O)c2)c1=O. The van der Waals surface area contributed by atoms with Crippen molar-refractivity contribution in [3.63, 3.8) is 0 Å². The summed E-state index contributed by atoms with van der Waals surface area (Å²) in [5, 5.41) is 9.17. The maximum Gasteiger partial charge on any atom is 0.431 e. The molecule has 2 aliphatic heterocycles. The molecule has 0 aliphatic carbocycles. The third kappa shape index (κ3) is 4.29. The van der Waals surface area contributed by atoms with E-state index in [0.717, 1.165) is 23.1 Å². The molecule has 198 valence electrons. The Kier molecular flexibility index (Phi) is 6.19. The molecule has 0 amide bonds. The van der Waals surface area contributed by atoms with Crippen molar-refractivity contribution in [3.8, 4) is 22.9 Å². The van der Waals surface area contributed by atoms with Crippen LogP contribution in [0.2, 0.25) is 5.02 Å². The van der Waals surface area contributed by atoms with E-state index in [1.54, 1.807) is 9.88 Å². The predicted molar refractivity (Wildman–Crippen MR) is 128 cm³/mol. The van der Waals surface area contributed by atoms with E-state index in [-0.39, 0.29) is 27.4 Å². The van der Waals surface area contributed by atoms with E-state index in [0.29, 0.717) is 43.0 Å². The van der Waals surface area contributed by atoms with Crippen molar-refractivity contribution < 1.29 is 22.3 Å². The minimum absolute atomic E-state index is 0.0406. The Morgan fingerprint density at radius 2 is 1.89 bits per heavy atom. The van der Waals surface area contributed by atoms with Gasteiger partial charge in [0.25, 0.3) is 5.56 Å². The highest BCUT2D eigenvalue weighted by atomic mass is 35.5. The van der Waals surface area contributed by atoms with Crippen LogP contribution in [0.4, 0.5) is 23.4 Å². The Bertz CT molecular complexity index is 1660. The topological polar surface area (TPSA) is 113 Å². The zero-order chi connectivity index (χ0) is 27.4. The van der Waals surface area contributed by atoms with E-state index in [2.05, 4.69) is 0 Å². The van der Waals surface area contributed by atoms with Crippen LogP contribution in [0.3, 0.4) is 0 Å². The fraction of sp³-hybridized carbons (Fsp3) is 0.333. The first-order valence-corrected chi connectivity index (χ1v) is 11.7. The molecule has 5 rings (SSSR count). The summed E-state index contributed by atoms with van der Waals surface area (Å²) in [6, 6.07) is 6.35. The van der Waals surface area contributed by atoms with Crippen LogP contribution in [0.25, 0.3) is 16.8 Å². The third-order valence-electron chi connectivity index (χ3n) is 6.69. The first kappa shape index (κ1) is 25.7. The van der Waals surface area contributed by atoms with E-state index in [9.17, 15) is 37.2 Å². The number of halogens is 5. The average molecular weight is 552 g/mol. The number of nitriles is 1. The largest absolute Gasteiger partial charge is 0.431 e. The summed E-state index contributed by atoms with van der Waals surface area (Å²) in [6.07, 6.45) is -4.24. The quantitative estimate of drug-likeness (QED) is 0.499. The summed E-state index contributed by atoms with van der Waals surface area (Å²) in [6.45, 7) is 1.21. The molecule has 4 heterocycles. The number of alkyl halides is 3. The summed E-state index contributed by atoms with van der Waals surface area (Å²) >= 11 is 5.97. The first-order valence-electron chi connectivity index (χ1n) is 11.3. The monoisotopic (exact) mass is 551 g/mol. The lowest BCUT2D eigenvalue weighted by molar-refractivity contribution is -0.141. The van der Waals surface area contributed by atoms with Gasteiger partial charge >= 0.3 is 11.9 Å². The van der Waals surface area contributed by atoms with Crippen LogP contribution in [0.15, 0.2) is 44.7 Å². The molecule has 3 aromatic rings. The molecule has 0 unspecified atom stereocenters. The summed E-state index contributed by atoms with van der Waals surface area (Å²) in [4.78, 5) is 42.9. The number of hydrogen-bond acceptors (Lipinski definition) is 6. The molecule has 0 atom stereocenters. The minimum Gasteiger partial charge on any atom is -0.381 e. The van der Waals surface area contributed by atoms with Gasteiger partial charge in [-0.15, -0.1) is 0 Å². The van der Waals surface area contributed by atoms with E-state index in [1.165, 1.54) is 6.07 Å². The maximum atomic E-state index is 14.0. The van der Waals surface area contributed by atoms with Gasteiger partial charge in [-0.25, -0.2) is 13.8 Å². The van der Waals surface area contributed by atoms with Gasteiger partial charge in [-0.05, 0) is 30.2 Å². The smallest absolute Gasteiger partial charge is 0.381 e. The number of nitrogens with one attached hydrogen (secondary N) is 1. The van der Waals surface area contributed by atoms with E-state index in [4.69, 9.17) is 16.3 Å². The first-order chi connectivity index (χ1) is 17.9. The molecule has 1 aromatic carbocycles. The van der Waals surface area contributed by atoms with E-state index < -0.39 is 46.7 Å². The summed E-state index contributed by atoms with van der Waals surface area (Å²) in [5.41, 5.74) is -5.84. The number of nitrogens with zero attached hydrogens (tertiary/aromatic N) is 4. The number of rotatable bonds is 4. The molecule has 0 bridgehead atoms. The molecule has 2 fully saturated rings. The minimum atomic E-state index is -4.98. The van der Waals surface area contributed by atoms with Crippen molar-refractivity contribution in [3.05, 3.63) is 78.1 Å². The molecular formula is C24H18ClF4N5O4. The molecule has 2 aliphatic rings. The van der Waals surface area contributed by atoms with E-state index in [1.807, 2.05) is 6.07 Å². The highest BCUT2D eigenvalue weighted by Gasteiger charge is 2.47. The Labute approximate surface area is 216 Å². The van der Waals surface area contributed by atoms with Crippen LogP contribution in [-0.4, -0.2) is 40.4 Å². The number of anilines is 1. The fourth-order valence-corrected chi connectivity index (χ4v) is 5.12. The molecule has 38 heavy (non-hydrogen) atoms. The number of H-pyrrole nitrogens is 1. The van der Waals surface area contributed by atoms with Gasteiger partial charge in [-0.2, -0.15) is 18.4 Å². The zero-order valence-electron chi connectivity index (χ0n) is 19.4. The second-order valence-corrected chi connectivity index (χ2v) is 9.67. The lowest BCUT2D eigenvalue weighted by Gasteiger charge is -2.49. The molecule has 2 saturated heterocycles. The molecule has 1 N–H and O–H groups in total. The number of aromatic amines is 1. The third-order valence-corrected chi connectivity index (χ3v) is 6.97. The molecule has 9 nitrogen and oxygen atoms in total. The van der Waals surface area contributed by atoms with Crippen LogP contribution >= 0.6 is 11.6 Å². The standard InChI is InChI=1S/C24H18ClF4N5O4/c25-15-7-13(1-2-16(15)26)19-20(32-10-23(11-32)3-6-38-12-23)33(5-4-30)22(37)34(21(19)36)14-8-17(24(27,28)29)31-18(35)9-14/h1-2,7-9H,3,5-6,10-12H2,(H,31,35). The molecule has 1 spiro atoms. The van der Waals surface area contributed by atoms with Crippen LogP contribution in [0.5, 0.6) is 0 Å². The Hall–Kier alpha value is -3.89. The molecule has 0 saturated carbocycles. The van der Waals surface area contributed by atoms with Crippen molar-refractivity contribution in [2.75, 3.05) is 31.2 Å². The predicted octanol–water partition coefficient (Wildman–Crippen LogP) is 2.92. The fourth-order valence-electron chi connectivity index (χ4n) is 4.94. The van der Waals surface area contributed by atoms with Crippen LogP contribution in [0.1, 0.15) is 12.1 Å². The number of aromatic nitrogens is 3. The van der Waals surface area contributed by atoms with Gasteiger partial charge in [0.05, 0.1) is 28.9 Å². The van der Waals surface area contributed by atoms with Gasteiger partial charge in [-0.3, -0.25) is 14.2 Å². The number of pyridine rings is 1. The van der Waals surface area contributed by atoms with Gasteiger partial charge in [-0.1, -0.05) is 17.7 Å². The number of ether oxygens (including phenoxy) is 1. The highest BCUT2D eigenvalue weighted by Crippen LogP contribution is 2.43. The summed E-state index contributed by atoms with van der Waals surface area (Å²) < 4.78 is 61.0. The lowest BCUT2D eigenvalue weighted by atomic mass is 9.79. The summed E-state index contributed by atoms with van der Waals surface area (Å²) in [7, 11) is 0.